The van der Waals surface area contributed by atoms with Crippen LogP contribution in [0.2, 0.25) is 0 Å². The van der Waals surface area contributed by atoms with E-state index in [9.17, 15) is 0 Å². The molecule has 0 nitrogen and oxygen atoms in total. The van der Waals surface area contributed by atoms with Gasteiger partial charge in [0.15, 0.2) is 0 Å². The van der Waals surface area contributed by atoms with E-state index in [1.165, 1.54) is 143 Å². The zero-order chi connectivity index (χ0) is 36.8. The van der Waals surface area contributed by atoms with Crippen LogP contribution in [0.3, 0.4) is 0 Å². The average molecular weight is 707 g/mol. The summed E-state index contributed by atoms with van der Waals surface area (Å²) in [4.78, 5) is 0. The zero-order valence-corrected chi connectivity index (χ0v) is 31.2. The highest BCUT2D eigenvalue weighted by Gasteiger charge is 2.29. The van der Waals surface area contributed by atoms with Crippen molar-refractivity contribution in [3.63, 3.8) is 0 Å². The summed E-state index contributed by atoms with van der Waals surface area (Å²) in [6.45, 7) is 4.53. The lowest BCUT2D eigenvalue weighted by Gasteiger charge is -2.18. The lowest BCUT2D eigenvalue weighted by atomic mass is 9.85. The first-order valence-electron chi connectivity index (χ1n) is 19.8. The summed E-state index contributed by atoms with van der Waals surface area (Å²) < 4.78 is 0. The number of aryl methyl sites for hydroxylation is 2. The first-order valence-corrected chi connectivity index (χ1v) is 19.8. The Bertz CT molecular complexity index is 3570. The van der Waals surface area contributed by atoms with Gasteiger partial charge in [-0.05, 0) is 169 Å². The largest absolute Gasteiger partial charge is 0.0622 e. The number of rotatable bonds is 3. The Morgan fingerprint density at radius 2 is 0.929 bits per heavy atom. The molecular formula is C56H34. The molecular weight excluding hydrogens is 673 g/mol. The van der Waals surface area contributed by atoms with Crippen LogP contribution in [-0.4, -0.2) is 0 Å². The molecule has 0 N–H and O–H groups in total. The van der Waals surface area contributed by atoms with E-state index in [0.717, 1.165) is 0 Å². The van der Waals surface area contributed by atoms with Crippen LogP contribution in [0.1, 0.15) is 11.1 Å². The van der Waals surface area contributed by atoms with Crippen LogP contribution in [0, 0.1) is 13.8 Å². The molecule has 0 atom stereocenters. The fraction of sp³-hybridized carbons (Fsp3) is 0.0357. The summed E-state index contributed by atoms with van der Waals surface area (Å²) >= 11 is 0. The van der Waals surface area contributed by atoms with Crippen LogP contribution in [-0.2, 0) is 0 Å². The maximum absolute atomic E-state index is 2.53. The lowest BCUT2D eigenvalue weighted by Crippen LogP contribution is -1.91. The van der Waals surface area contributed by atoms with Gasteiger partial charge in [0.1, 0.15) is 0 Å². The maximum Gasteiger partial charge on any atom is -0.00114 e. The number of benzene rings is 11. The predicted molar refractivity (Wildman–Crippen MR) is 241 cm³/mol. The van der Waals surface area contributed by atoms with Crippen molar-refractivity contribution in [1.82, 2.24) is 0 Å². The third-order valence-electron chi connectivity index (χ3n) is 13.0. The molecule has 0 aliphatic heterocycles. The minimum absolute atomic E-state index is 1.23. The molecule has 11 aromatic carbocycles. The fourth-order valence-electron chi connectivity index (χ4n) is 10.7. The van der Waals surface area contributed by atoms with Crippen molar-refractivity contribution in [2.45, 2.75) is 13.8 Å². The Morgan fingerprint density at radius 3 is 1.77 bits per heavy atom. The smallest absolute Gasteiger partial charge is 0.00114 e. The van der Waals surface area contributed by atoms with Crippen LogP contribution in [0.5, 0.6) is 0 Å². The highest BCUT2D eigenvalue weighted by molar-refractivity contribution is 6.36. The normalized spacial score (nSPS) is 12.5. The van der Waals surface area contributed by atoms with E-state index in [2.05, 4.69) is 184 Å². The lowest BCUT2D eigenvalue weighted by molar-refractivity contribution is 1.39. The molecule has 0 saturated heterocycles. The van der Waals surface area contributed by atoms with Crippen molar-refractivity contribution in [1.29, 1.82) is 0 Å². The summed E-state index contributed by atoms with van der Waals surface area (Å²) in [7, 11) is 0. The Morgan fingerprint density at radius 1 is 0.268 bits per heavy atom. The minimum atomic E-state index is 1.23. The first kappa shape index (κ1) is 30.3. The van der Waals surface area contributed by atoms with E-state index >= 15 is 0 Å². The Balaban J connectivity index is 1.19. The average Bonchev–Trinajstić information content (AvgIpc) is 3.76. The van der Waals surface area contributed by atoms with Gasteiger partial charge in [-0.1, -0.05) is 157 Å². The molecule has 56 heavy (non-hydrogen) atoms. The Kier molecular flexibility index (Phi) is 5.85. The van der Waals surface area contributed by atoms with Crippen molar-refractivity contribution < 1.29 is 0 Å². The summed E-state index contributed by atoms with van der Waals surface area (Å²) in [5, 5.41) is 16.0. The van der Waals surface area contributed by atoms with Gasteiger partial charge in [0.25, 0.3) is 0 Å². The van der Waals surface area contributed by atoms with Crippen LogP contribution in [0.15, 0.2) is 170 Å². The molecule has 0 spiro atoms. The number of fused-ring (bicyclic) bond motifs is 8. The SMILES string of the molecule is Cc1cc(C)c2c(c1)-c1cc3c4ccc(-c5ccccc5)cc4c(-c4ccc5c6c4ccc4ccc7cccc-5c7c46)cc3c3ccc(-c4ccccc4)c-2c13. The summed E-state index contributed by atoms with van der Waals surface area (Å²) in [5.74, 6) is 0. The van der Waals surface area contributed by atoms with Gasteiger partial charge in [-0.25, -0.2) is 0 Å². The van der Waals surface area contributed by atoms with Gasteiger partial charge in [-0.15, -0.1) is 0 Å². The molecule has 0 heterocycles. The van der Waals surface area contributed by atoms with Gasteiger partial charge in [-0.3, -0.25) is 0 Å². The van der Waals surface area contributed by atoms with E-state index in [-0.39, 0.29) is 0 Å². The van der Waals surface area contributed by atoms with Crippen molar-refractivity contribution >= 4 is 64.6 Å². The van der Waals surface area contributed by atoms with E-state index in [4.69, 9.17) is 0 Å². The molecule has 0 aromatic heterocycles. The van der Waals surface area contributed by atoms with Gasteiger partial charge >= 0.3 is 0 Å². The monoisotopic (exact) mass is 706 g/mol. The molecule has 13 rings (SSSR count). The van der Waals surface area contributed by atoms with E-state index in [0.29, 0.717) is 0 Å². The highest BCUT2D eigenvalue weighted by atomic mass is 14.3. The van der Waals surface area contributed by atoms with Gasteiger partial charge < -0.3 is 0 Å². The van der Waals surface area contributed by atoms with Gasteiger partial charge in [0.05, 0.1) is 0 Å². The number of hydrogen-bond donors (Lipinski definition) is 0. The van der Waals surface area contributed by atoms with Crippen molar-refractivity contribution in [3.05, 3.63) is 181 Å². The molecule has 0 fully saturated rings. The molecule has 2 aliphatic carbocycles. The van der Waals surface area contributed by atoms with Crippen molar-refractivity contribution in [2.75, 3.05) is 0 Å². The molecule has 0 saturated carbocycles. The second-order valence-electron chi connectivity index (χ2n) is 16.1. The number of hydrogen-bond acceptors (Lipinski definition) is 0. The van der Waals surface area contributed by atoms with Gasteiger partial charge in [0.2, 0.25) is 0 Å². The molecule has 0 heteroatoms. The molecule has 0 unspecified atom stereocenters. The molecule has 2 aliphatic rings. The summed E-state index contributed by atoms with van der Waals surface area (Å²) in [6.07, 6.45) is 0. The third kappa shape index (κ3) is 3.88. The van der Waals surface area contributed by atoms with Gasteiger partial charge in [0, 0.05) is 0 Å². The van der Waals surface area contributed by atoms with Crippen molar-refractivity contribution in [2.24, 2.45) is 0 Å². The predicted octanol–water partition coefficient (Wildman–Crippen LogP) is 15.9. The Labute approximate surface area is 324 Å². The highest BCUT2D eigenvalue weighted by Crippen LogP contribution is 2.56. The topological polar surface area (TPSA) is 0 Å². The molecule has 11 aromatic rings. The summed E-state index contributed by atoms with van der Waals surface area (Å²) in [6, 6.07) is 64.4. The van der Waals surface area contributed by atoms with Crippen LogP contribution in [0.25, 0.3) is 131 Å². The zero-order valence-electron chi connectivity index (χ0n) is 31.2. The van der Waals surface area contributed by atoms with E-state index < -0.39 is 0 Å². The van der Waals surface area contributed by atoms with Crippen molar-refractivity contribution in [3.8, 4) is 66.8 Å². The molecule has 0 bridgehead atoms. The second kappa shape index (κ2) is 10.8. The first-order chi connectivity index (χ1) is 27.6. The van der Waals surface area contributed by atoms with Gasteiger partial charge in [-0.2, -0.15) is 0 Å². The molecule has 0 radical (unpaired) electrons. The van der Waals surface area contributed by atoms with Crippen LogP contribution < -0.4 is 0 Å². The summed E-state index contributed by atoms with van der Waals surface area (Å²) in [5.41, 5.74) is 18.4. The van der Waals surface area contributed by atoms with Crippen LogP contribution in [0.4, 0.5) is 0 Å². The maximum atomic E-state index is 2.53. The minimum Gasteiger partial charge on any atom is -0.0622 e. The second-order valence-corrected chi connectivity index (χ2v) is 16.1. The van der Waals surface area contributed by atoms with E-state index in [1.54, 1.807) is 0 Å². The Hall–Kier alpha value is -7.02. The molecule has 0 amide bonds. The quantitative estimate of drug-likeness (QED) is 0.160. The molecule has 258 valence electrons. The third-order valence-corrected chi connectivity index (χ3v) is 13.0. The fourth-order valence-corrected chi connectivity index (χ4v) is 10.7. The van der Waals surface area contributed by atoms with Crippen LogP contribution >= 0.6 is 0 Å². The van der Waals surface area contributed by atoms with E-state index in [1.807, 2.05) is 0 Å². The standard InChI is InChI=1S/C56H34/c1-31-26-32(2)51-49(27-31)50-30-47-40-20-19-37(33-10-5-3-6-11-33)28-45(40)46(29-48(47)44-24-22-38(56(51)55(44)50)34-12-7-4-8-13-34)39-23-25-43-41-15-9-14-35-16-17-36-18-21-42(39)54(43)53(36)52(35)41/h3-30H,1-2H3.